The number of rotatable bonds is 2. The lowest BCUT2D eigenvalue weighted by atomic mass is 10.2. The molecule has 0 unspecified atom stereocenters. The summed E-state index contributed by atoms with van der Waals surface area (Å²) in [4.78, 5) is 15.3. The van der Waals surface area contributed by atoms with Gasteiger partial charge in [-0.15, -0.1) is 0 Å². The molecule has 0 atom stereocenters. The van der Waals surface area contributed by atoms with Gasteiger partial charge < -0.3 is 9.64 Å². The third kappa shape index (κ3) is 1.71. The van der Waals surface area contributed by atoms with E-state index in [0.29, 0.717) is 0 Å². The second kappa shape index (κ2) is 4.04. The Kier molecular flexibility index (Phi) is 2.73. The van der Waals surface area contributed by atoms with E-state index in [1.165, 1.54) is 0 Å². The second-order valence-electron chi connectivity index (χ2n) is 4.03. The number of aryl methyl sites for hydroxylation is 1. The van der Waals surface area contributed by atoms with Crippen molar-refractivity contribution in [1.82, 2.24) is 4.90 Å². The van der Waals surface area contributed by atoms with Crippen molar-refractivity contribution in [2.24, 2.45) is 0 Å². The molecule has 1 aromatic rings. The van der Waals surface area contributed by atoms with E-state index in [9.17, 15) is 4.79 Å². The van der Waals surface area contributed by atoms with Gasteiger partial charge in [0, 0.05) is 20.1 Å². The molecule has 1 fully saturated rings. The molecule has 1 heterocycles. The molecule has 1 saturated heterocycles. The molecule has 0 N–H and O–H groups in total. The zero-order valence-electron chi connectivity index (χ0n) is 9.86. The predicted octanol–water partition coefficient (Wildman–Crippen LogP) is 1.88. The summed E-state index contributed by atoms with van der Waals surface area (Å²) in [5.74, 6) is 0.745. The van der Waals surface area contributed by atoms with Crippen molar-refractivity contribution in [3.05, 3.63) is 23.8 Å². The van der Waals surface area contributed by atoms with E-state index < -0.39 is 0 Å². The number of anilines is 1. The normalized spacial score (nSPS) is 15.8. The third-order valence-electron chi connectivity index (χ3n) is 2.84. The minimum Gasteiger partial charge on any atom is -0.495 e. The smallest absolute Gasteiger partial charge is 0.324 e. The van der Waals surface area contributed by atoms with Gasteiger partial charge in [-0.05, 0) is 24.6 Å². The summed E-state index contributed by atoms with van der Waals surface area (Å²) in [6.45, 7) is 3.48. The van der Waals surface area contributed by atoms with Crippen LogP contribution in [0.1, 0.15) is 5.56 Å². The Bertz CT molecular complexity index is 417. The number of methoxy groups -OCH3 is 1. The van der Waals surface area contributed by atoms with Crippen LogP contribution in [0.5, 0.6) is 5.75 Å². The van der Waals surface area contributed by atoms with E-state index in [1.54, 1.807) is 16.9 Å². The first-order valence-electron chi connectivity index (χ1n) is 5.31. The largest absolute Gasteiger partial charge is 0.495 e. The zero-order valence-corrected chi connectivity index (χ0v) is 9.86. The van der Waals surface area contributed by atoms with E-state index in [-0.39, 0.29) is 6.03 Å². The number of hydrogen-bond acceptors (Lipinski definition) is 2. The highest BCUT2D eigenvalue weighted by atomic mass is 16.5. The van der Waals surface area contributed by atoms with Crippen LogP contribution in [-0.2, 0) is 0 Å². The first-order valence-corrected chi connectivity index (χ1v) is 5.31. The van der Waals surface area contributed by atoms with Gasteiger partial charge in [0.05, 0.1) is 12.8 Å². The summed E-state index contributed by atoms with van der Waals surface area (Å²) >= 11 is 0. The second-order valence-corrected chi connectivity index (χ2v) is 4.03. The fraction of sp³-hybridized carbons (Fsp3) is 0.417. The molecule has 4 nitrogen and oxygen atoms in total. The molecule has 0 aliphatic carbocycles. The number of benzene rings is 1. The fourth-order valence-corrected chi connectivity index (χ4v) is 1.88. The van der Waals surface area contributed by atoms with Crippen molar-refractivity contribution in [2.75, 3.05) is 32.1 Å². The number of likely N-dealkylation sites (N-methyl/N-ethyl adjacent to an activating group) is 1. The Morgan fingerprint density at radius 3 is 2.62 bits per heavy atom. The summed E-state index contributed by atoms with van der Waals surface area (Å²) in [6.07, 6.45) is 0. The lowest BCUT2D eigenvalue weighted by Gasteiger charge is -2.19. The maximum atomic E-state index is 11.9. The first kappa shape index (κ1) is 10.8. The topological polar surface area (TPSA) is 32.8 Å². The molecule has 1 aliphatic rings. The fourth-order valence-electron chi connectivity index (χ4n) is 1.88. The molecule has 16 heavy (non-hydrogen) atoms. The van der Waals surface area contributed by atoms with Gasteiger partial charge in [-0.2, -0.15) is 0 Å². The molecule has 2 amide bonds. The highest BCUT2D eigenvalue weighted by Gasteiger charge is 2.28. The molecule has 0 saturated carbocycles. The number of carbonyl (C=O) groups is 1. The number of hydrogen-bond donors (Lipinski definition) is 0. The highest BCUT2D eigenvalue weighted by Crippen LogP contribution is 2.31. The molecule has 2 rings (SSSR count). The Hall–Kier alpha value is -1.71. The van der Waals surface area contributed by atoms with E-state index in [4.69, 9.17) is 4.74 Å². The molecular formula is C12H16N2O2. The van der Waals surface area contributed by atoms with Crippen LogP contribution in [0.15, 0.2) is 18.2 Å². The van der Waals surface area contributed by atoms with Gasteiger partial charge in [-0.3, -0.25) is 4.90 Å². The molecule has 0 spiro atoms. The van der Waals surface area contributed by atoms with Crippen LogP contribution < -0.4 is 9.64 Å². The summed E-state index contributed by atoms with van der Waals surface area (Å²) in [6, 6.07) is 5.89. The van der Waals surface area contributed by atoms with Crippen LogP contribution in [-0.4, -0.2) is 38.2 Å². The number of urea groups is 1. The molecule has 1 aliphatic heterocycles. The number of nitrogens with zero attached hydrogens (tertiary/aromatic N) is 2. The minimum atomic E-state index is 0.0314. The predicted molar refractivity (Wildman–Crippen MR) is 63.1 cm³/mol. The Morgan fingerprint density at radius 2 is 2.06 bits per heavy atom. The van der Waals surface area contributed by atoms with Crippen molar-refractivity contribution >= 4 is 11.7 Å². The van der Waals surface area contributed by atoms with E-state index >= 15 is 0 Å². The van der Waals surface area contributed by atoms with Gasteiger partial charge in [0.1, 0.15) is 5.75 Å². The van der Waals surface area contributed by atoms with Crippen molar-refractivity contribution in [1.29, 1.82) is 0 Å². The van der Waals surface area contributed by atoms with E-state index in [2.05, 4.69) is 0 Å². The van der Waals surface area contributed by atoms with Crippen molar-refractivity contribution < 1.29 is 9.53 Å². The average Bonchev–Trinajstić information content (AvgIpc) is 2.60. The molecular weight excluding hydrogens is 204 g/mol. The standard InChI is InChI=1S/C12H16N2O2/c1-9-4-5-11(16-3)10(8-9)14-7-6-13(2)12(14)15/h4-5,8H,6-7H2,1-3H3. The quantitative estimate of drug-likeness (QED) is 0.762. The Labute approximate surface area is 95.4 Å². The third-order valence-corrected chi connectivity index (χ3v) is 2.84. The average molecular weight is 220 g/mol. The first-order chi connectivity index (χ1) is 7.63. The van der Waals surface area contributed by atoms with Gasteiger partial charge in [0.2, 0.25) is 0 Å². The summed E-state index contributed by atoms with van der Waals surface area (Å²) in [5.41, 5.74) is 1.98. The maximum Gasteiger partial charge on any atom is 0.324 e. The van der Waals surface area contributed by atoms with Gasteiger partial charge >= 0.3 is 6.03 Å². The van der Waals surface area contributed by atoms with E-state index in [0.717, 1.165) is 30.1 Å². The van der Waals surface area contributed by atoms with Crippen LogP contribution in [0, 0.1) is 6.92 Å². The summed E-state index contributed by atoms with van der Waals surface area (Å²) < 4.78 is 5.28. The number of amides is 2. The summed E-state index contributed by atoms with van der Waals surface area (Å²) in [7, 11) is 3.43. The monoisotopic (exact) mass is 220 g/mol. The molecule has 0 aromatic heterocycles. The van der Waals surface area contributed by atoms with Crippen LogP contribution in [0.2, 0.25) is 0 Å². The molecule has 0 radical (unpaired) electrons. The Balaban J connectivity index is 2.39. The lowest BCUT2D eigenvalue weighted by Crippen LogP contribution is -2.29. The minimum absolute atomic E-state index is 0.0314. The maximum absolute atomic E-state index is 11.9. The van der Waals surface area contributed by atoms with Gasteiger partial charge in [-0.25, -0.2) is 4.79 Å². The van der Waals surface area contributed by atoms with Gasteiger partial charge in [-0.1, -0.05) is 6.07 Å². The molecule has 86 valence electrons. The van der Waals surface area contributed by atoms with E-state index in [1.807, 2.05) is 32.2 Å². The molecule has 1 aromatic carbocycles. The van der Waals surface area contributed by atoms with Crippen LogP contribution in [0.3, 0.4) is 0 Å². The van der Waals surface area contributed by atoms with Gasteiger partial charge in [0.15, 0.2) is 0 Å². The number of ether oxygens (including phenoxy) is 1. The van der Waals surface area contributed by atoms with Gasteiger partial charge in [0.25, 0.3) is 0 Å². The molecule has 4 heteroatoms. The Morgan fingerprint density at radius 1 is 1.31 bits per heavy atom. The van der Waals surface area contributed by atoms with Crippen LogP contribution in [0.25, 0.3) is 0 Å². The number of carbonyl (C=O) groups excluding carboxylic acids is 1. The molecule has 0 bridgehead atoms. The lowest BCUT2D eigenvalue weighted by molar-refractivity contribution is 0.229. The van der Waals surface area contributed by atoms with Crippen LogP contribution >= 0.6 is 0 Å². The van der Waals surface area contributed by atoms with Crippen LogP contribution in [0.4, 0.5) is 10.5 Å². The summed E-state index contributed by atoms with van der Waals surface area (Å²) in [5, 5.41) is 0. The zero-order chi connectivity index (χ0) is 11.7. The SMILES string of the molecule is COc1ccc(C)cc1N1CCN(C)C1=O. The van der Waals surface area contributed by atoms with Crippen molar-refractivity contribution in [2.45, 2.75) is 6.92 Å². The highest BCUT2D eigenvalue weighted by molar-refractivity contribution is 5.95. The van der Waals surface area contributed by atoms with Crippen molar-refractivity contribution in [3.8, 4) is 5.75 Å². The van der Waals surface area contributed by atoms with Crippen molar-refractivity contribution in [3.63, 3.8) is 0 Å².